The van der Waals surface area contributed by atoms with E-state index in [9.17, 15) is 9.59 Å². The molecular weight excluding hydrogens is 350 g/mol. The van der Waals surface area contributed by atoms with E-state index >= 15 is 0 Å². The molecule has 27 heavy (non-hydrogen) atoms. The van der Waals surface area contributed by atoms with Gasteiger partial charge in [0.2, 0.25) is 11.9 Å². The number of benzene rings is 1. The Kier molecular flexibility index (Phi) is 8.43. The molecule has 2 amide bonds. The molecule has 0 aliphatic carbocycles. The summed E-state index contributed by atoms with van der Waals surface area (Å²) < 4.78 is 10.5. The number of nitrogens with one attached hydrogen (secondary N) is 3. The van der Waals surface area contributed by atoms with E-state index in [-0.39, 0.29) is 24.8 Å². The summed E-state index contributed by atoms with van der Waals surface area (Å²) in [5.74, 6) is -0.260. The lowest BCUT2D eigenvalue weighted by molar-refractivity contribution is -0.117. The number of ether oxygens (including phenoxy) is 2. The lowest BCUT2D eigenvalue weighted by Crippen LogP contribution is -2.20. The average Bonchev–Trinajstić information content (AvgIpc) is 3.06. The third kappa shape index (κ3) is 7.18. The van der Waals surface area contributed by atoms with Crippen LogP contribution in [0.15, 0.2) is 30.5 Å². The highest BCUT2D eigenvalue weighted by molar-refractivity contribution is 6.09. The maximum Gasteiger partial charge on any atom is 0.260 e. The number of amides is 2. The summed E-state index contributed by atoms with van der Waals surface area (Å²) in [5.41, 5.74) is 6.91. The van der Waals surface area contributed by atoms with Crippen molar-refractivity contribution in [3.05, 3.63) is 41.7 Å². The summed E-state index contributed by atoms with van der Waals surface area (Å²) in [6, 6.07) is 6.77. The summed E-state index contributed by atoms with van der Waals surface area (Å²) in [7, 11) is 0. The quantitative estimate of drug-likeness (QED) is 0.438. The second-order valence-corrected chi connectivity index (χ2v) is 5.73. The average molecular weight is 375 g/mol. The Hall–Kier alpha value is -2.75. The molecule has 2 aromatic rings. The Balaban J connectivity index is 1.82. The summed E-state index contributed by atoms with van der Waals surface area (Å²) in [5, 5.41) is 5.40. The van der Waals surface area contributed by atoms with Gasteiger partial charge in [-0.1, -0.05) is 12.1 Å². The van der Waals surface area contributed by atoms with E-state index in [4.69, 9.17) is 15.2 Å². The van der Waals surface area contributed by atoms with E-state index in [2.05, 4.69) is 20.6 Å². The summed E-state index contributed by atoms with van der Waals surface area (Å²) >= 11 is 0. The first-order chi connectivity index (χ1) is 13.1. The highest BCUT2D eigenvalue weighted by Gasteiger charge is 2.14. The minimum Gasteiger partial charge on any atom is -0.379 e. The van der Waals surface area contributed by atoms with Gasteiger partial charge >= 0.3 is 0 Å². The van der Waals surface area contributed by atoms with Crippen LogP contribution in [0.1, 0.15) is 22.5 Å². The molecule has 0 saturated heterocycles. The van der Waals surface area contributed by atoms with Crippen molar-refractivity contribution in [3.8, 4) is 0 Å². The molecular formula is C18H25N5O4. The Bertz CT molecular complexity index is 747. The Morgan fingerprint density at radius 3 is 2.56 bits per heavy atom. The second kappa shape index (κ2) is 11.1. The predicted octanol–water partition coefficient (Wildman–Crippen LogP) is 1.29. The molecule has 0 spiro atoms. The number of H-pyrrole nitrogens is 1. The Morgan fingerprint density at radius 1 is 1.11 bits per heavy atom. The third-order valence-corrected chi connectivity index (χ3v) is 3.49. The van der Waals surface area contributed by atoms with Crippen LogP contribution in [0.2, 0.25) is 0 Å². The number of aryl methyl sites for hydroxylation is 1. The van der Waals surface area contributed by atoms with Crippen LogP contribution in [0.3, 0.4) is 0 Å². The third-order valence-electron chi connectivity index (χ3n) is 3.49. The highest BCUT2D eigenvalue weighted by atomic mass is 16.5. The maximum absolute atomic E-state index is 12.4. The maximum atomic E-state index is 12.4. The van der Waals surface area contributed by atoms with Crippen molar-refractivity contribution in [2.45, 2.75) is 13.3 Å². The van der Waals surface area contributed by atoms with Crippen LogP contribution < -0.4 is 16.4 Å². The van der Waals surface area contributed by atoms with Crippen molar-refractivity contribution in [1.29, 1.82) is 0 Å². The van der Waals surface area contributed by atoms with Crippen LogP contribution in [0.5, 0.6) is 0 Å². The first kappa shape index (κ1) is 20.6. The number of carbonyl (C=O) groups is 2. The number of aromatic nitrogens is 2. The zero-order chi connectivity index (χ0) is 19.5. The molecule has 0 unspecified atom stereocenters. The smallest absolute Gasteiger partial charge is 0.260 e. The molecule has 0 atom stereocenters. The minimum absolute atomic E-state index is 0.171. The number of nitrogens with zero attached hydrogens (tertiary/aromatic N) is 1. The molecule has 0 saturated carbocycles. The van der Waals surface area contributed by atoms with E-state index in [0.29, 0.717) is 43.6 Å². The molecule has 0 fully saturated rings. The van der Waals surface area contributed by atoms with Crippen molar-refractivity contribution in [2.24, 2.45) is 5.73 Å². The van der Waals surface area contributed by atoms with Crippen LogP contribution >= 0.6 is 0 Å². The van der Waals surface area contributed by atoms with Gasteiger partial charge in [-0.2, -0.15) is 0 Å². The van der Waals surface area contributed by atoms with E-state index in [1.165, 1.54) is 0 Å². The summed E-state index contributed by atoms with van der Waals surface area (Å²) in [6.45, 7) is 3.89. The number of carbonyl (C=O) groups excluding carboxylic acids is 2. The van der Waals surface area contributed by atoms with Crippen molar-refractivity contribution >= 4 is 23.5 Å². The summed E-state index contributed by atoms with van der Waals surface area (Å²) in [4.78, 5) is 31.5. The lowest BCUT2D eigenvalue weighted by Gasteiger charge is -2.11. The standard InChI is InChI=1S/C18H25N5O4/c1-13-12-20-18(21-13)23-17(25)14-4-2-3-5-15(14)22-16(24)6-8-26-10-11-27-9-7-19/h2-5,12H,6-11,19H2,1H3,(H,22,24)(H2,20,21,23,25). The van der Waals surface area contributed by atoms with E-state index in [1.54, 1.807) is 30.5 Å². The zero-order valence-electron chi connectivity index (χ0n) is 15.3. The normalized spacial score (nSPS) is 10.6. The molecule has 146 valence electrons. The molecule has 9 nitrogen and oxygen atoms in total. The van der Waals surface area contributed by atoms with Crippen molar-refractivity contribution in [2.75, 3.05) is 43.6 Å². The van der Waals surface area contributed by atoms with Gasteiger partial charge in [0.1, 0.15) is 0 Å². The van der Waals surface area contributed by atoms with E-state index < -0.39 is 0 Å². The monoisotopic (exact) mass is 375 g/mol. The number of aromatic amines is 1. The number of imidazole rings is 1. The Morgan fingerprint density at radius 2 is 1.85 bits per heavy atom. The molecule has 2 rings (SSSR count). The van der Waals surface area contributed by atoms with Crippen LogP contribution in [0, 0.1) is 6.92 Å². The van der Waals surface area contributed by atoms with E-state index in [0.717, 1.165) is 5.69 Å². The number of hydrogen-bond acceptors (Lipinski definition) is 6. The second-order valence-electron chi connectivity index (χ2n) is 5.73. The van der Waals surface area contributed by atoms with Crippen LogP contribution in [-0.2, 0) is 14.3 Å². The fourth-order valence-corrected chi connectivity index (χ4v) is 2.22. The molecule has 1 heterocycles. The molecule has 0 aliphatic heterocycles. The van der Waals surface area contributed by atoms with Gasteiger partial charge in [-0.15, -0.1) is 0 Å². The molecule has 0 aliphatic rings. The topological polar surface area (TPSA) is 131 Å². The molecule has 1 aromatic carbocycles. The van der Waals surface area contributed by atoms with Crippen LogP contribution in [-0.4, -0.2) is 54.8 Å². The van der Waals surface area contributed by atoms with Crippen molar-refractivity contribution < 1.29 is 19.1 Å². The number of rotatable bonds is 11. The highest BCUT2D eigenvalue weighted by Crippen LogP contribution is 2.17. The van der Waals surface area contributed by atoms with E-state index in [1.807, 2.05) is 6.92 Å². The van der Waals surface area contributed by atoms with Crippen LogP contribution in [0.4, 0.5) is 11.6 Å². The number of anilines is 2. The molecule has 0 bridgehead atoms. The van der Waals surface area contributed by atoms with Gasteiger partial charge in [-0.25, -0.2) is 4.98 Å². The van der Waals surface area contributed by atoms with Gasteiger partial charge in [0.25, 0.3) is 5.91 Å². The SMILES string of the molecule is Cc1cnc(NC(=O)c2ccccc2NC(=O)CCOCCOCCN)[nH]1. The number of nitrogens with two attached hydrogens (primary N) is 1. The molecule has 9 heteroatoms. The molecule has 1 aromatic heterocycles. The van der Waals surface area contributed by atoms with Gasteiger partial charge in [-0.3, -0.25) is 14.9 Å². The fourth-order valence-electron chi connectivity index (χ4n) is 2.22. The first-order valence-electron chi connectivity index (χ1n) is 8.67. The minimum atomic E-state index is -0.367. The number of hydrogen-bond donors (Lipinski definition) is 4. The molecule has 5 N–H and O–H groups in total. The van der Waals surface area contributed by atoms with Gasteiger partial charge in [0.15, 0.2) is 0 Å². The van der Waals surface area contributed by atoms with Crippen molar-refractivity contribution in [3.63, 3.8) is 0 Å². The predicted molar refractivity (Wildman–Crippen MR) is 102 cm³/mol. The van der Waals surface area contributed by atoms with Gasteiger partial charge < -0.3 is 25.5 Å². The Labute approximate surface area is 157 Å². The summed E-state index contributed by atoms with van der Waals surface area (Å²) in [6.07, 6.45) is 1.79. The number of para-hydroxylation sites is 1. The van der Waals surface area contributed by atoms with Crippen molar-refractivity contribution in [1.82, 2.24) is 9.97 Å². The fraction of sp³-hybridized carbons (Fsp3) is 0.389. The lowest BCUT2D eigenvalue weighted by atomic mass is 10.1. The van der Waals surface area contributed by atoms with Gasteiger partial charge in [0.05, 0.1) is 44.1 Å². The van der Waals surface area contributed by atoms with Gasteiger partial charge in [-0.05, 0) is 19.1 Å². The zero-order valence-corrected chi connectivity index (χ0v) is 15.3. The van der Waals surface area contributed by atoms with Gasteiger partial charge in [0, 0.05) is 18.4 Å². The van der Waals surface area contributed by atoms with Crippen LogP contribution in [0.25, 0.3) is 0 Å². The largest absolute Gasteiger partial charge is 0.379 e. The first-order valence-corrected chi connectivity index (χ1v) is 8.67. The molecule has 0 radical (unpaired) electrons.